The van der Waals surface area contributed by atoms with Crippen LogP contribution in [0.3, 0.4) is 0 Å². The first-order valence-electron chi connectivity index (χ1n) is 10.6. The van der Waals surface area contributed by atoms with Gasteiger partial charge in [0.15, 0.2) is 5.96 Å². The number of rotatable bonds is 6. The SMILES string of the molecule is CCNC(=NCc1ccc(N2CCCC2)nc1)N1CCCC(C(=O)OCC)C1. The summed E-state index contributed by atoms with van der Waals surface area (Å²) in [6.07, 6.45) is 6.29. The fourth-order valence-electron chi connectivity index (χ4n) is 3.86. The molecule has 0 spiro atoms. The third-order valence-electron chi connectivity index (χ3n) is 5.33. The number of hydrogen-bond acceptors (Lipinski definition) is 5. The van der Waals surface area contributed by atoms with Gasteiger partial charge in [-0.1, -0.05) is 6.07 Å². The molecule has 28 heavy (non-hydrogen) atoms. The molecule has 1 unspecified atom stereocenters. The molecule has 7 nitrogen and oxygen atoms in total. The lowest BCUT2D eigenvalue weighted by molar-refractivity contribution is -0.149. The van der Waals surface area contributed by atoms with Crippen molar-refractivity contribution in [3.05, 3.63) is 23.9 Å². The zero-order chi connectivity index (χ0) is 19.8. The number of guanidine groups is 1. The van der Waals surface area contributed by atoms with Gasteiger partial charge in [0, 0.05) is 38.9 Å². The molecule has 2 fully saturated rings. The molecular weight excluding hydrogens is 354 g/mol. The van der Waals surface area contributed by atoms with Crippen molar-refractivity contribution in [2.24, 2.45) is 10.9 Å². The average Bonchev–Trinajstić information content (AvgIpc) is 3.27. The van der Waals surface area contributed by atoms with Crippen molar-refractivity contribution in [2.75, 3.05) is 44.2 Å². The zero-order valence-electron chi connectivity index (χ0n) is 17.2. The summed E-state index contributed by atoms with van der Waals surface area (Å²) in [4.78, 5) is 26.1. The van der Waals surface area contributed by atoms with E-state index in [1.807, 2.05) is 13.1 Å². The van der Waals surface area contributed by atoms with Crippen molar-refractivity contribution >= 4 is 17.7 Å². The number of esters is 1. The summed E-state index contributed by atoms with van der Waals surface area (Å²) >= 11 is 0. The molecule has 2 aliphatic heterocycles. The Kier molecular flexibility index (Phi) is 7.51. The number of ether oxygens (including phenoxy) is 1. The zero-order valence-corrected chi connectivity index (χ0v) is 17.2. The van der Waals surface area contributed by atoms with Crippen molar-refractivity contribution in [1.29, 1.82) is 0 Å². The Hall–Kier alpha value is -2.31. The van der Waals surface area contributed by atoms with E-state index in [-0.39, 0.29) is 11.9 Å². The molecule has 3 heterocycles. The molecule has 0 radical (unpaired) electrons. The number of carbonyl (C=O) groups is 1. The third kappa shape index (κ3) is 5.36. The minimum Gasteiger partial charge on any atom is -0.466 e. The number of nitrogens with one attached hydrogen (secondary N) is 1. The van der Waals surface area contributed by atoms with Crippen LogP contribution in [0.5, 0.6) is 0 Å². The van der Waals surface area contributed by atoms with Crippen LogP contribution in [0.1, 0.15) is 45.1 Å². The Balaban J connectivity index is 1.62. The van der Waals surface area contributed by atoms with E-state index in [9.17, 15) is 4.79 Å². The lowest BCUT2D eigenvalue weighted by atomic mass is 9.98. The second-order valence-electron chi connectivity index (χ2n) is 7.43. The van der Waals surface area contributed by atoms with Crippen LogP contribution in [0.4, 0.5) is 5.82 Å². The Bertz CT molecular complexity index is 655. The van der Waals surface area contributed by atoms with Crippen molar-refractivity contribution in [3.63, 3.8) is 0 Å². The number of hydrogen-bond donors (Lipinski definition) is 1. The molecule has 0 aromatic carbocycles. The van der Waals surface area contributed by atoms with Gasteiger partial charge >= 0.3 is 5.97 Å². The van der Waals surface area contributed by atoms with Crippen LogP contribution in [0, 0.1) is 5.92 Å². The fraction of sp³-hybridized carbons (Fsp3) is 0.667. The van der Waals surface area contributed by atoms with E-state index < -0.39 is 0 Å². The van der Waals surface area contributed by atoms with Gasteiger partial charge in [0.25, 0.3) is 0 Å². The highest BCUT2D eigenvalue weighted by atomic mass is 16.5. The monoisotopic (exact) mass is 387 g/mol. The molecule has 3 rings (SSSR count). The molecule has 0 amide bonds. The highest BCUT2D eigenvalue weighted by molar-refractivity contribution is 5.81. The molecule has 1 atom stereocenters. The van der Waals surface area contributed by atoms with Gasteiger partial charge in [-0.15, -0.1) is 0 Å². The van der Waals surface area contributed by atoms with Gasteiger partial charge in [0.2, 0.25) is 0 Å². The number of likely N-dealkylation sites (tertiary alicyclic amines) is 1. The maximum Gasteiger partial charge on any atom is 0.310 e. The molecule has 0 bridgehead atoms. The van der Waals surface area contributed by atoms with Crippen LogP contribution in [0.15, 0.2) is 23.3 Å². The van der Waals surface area contributed by atoms with Gasteiger partial charge in [0.05, 0.1) is 19.1 Å². The molecule has 1 N–H and O–H groups in total. The van der Waals surface area contributed by atoms with Crippen LogP contribution in [-0.2, 0) is 16.1 Å². The minimum atomic E-state index is -0.0928. The number of piperidine rings is 1. The van der Waals surface area contributed by atoms with Crippen LogP contribution in [0.25, 0.3) is 0 Å². The predicted molar refractivity (Wildman–Crippen MR) is 111 cm³/mol. The maximum atomic E-state index is 12.1. The van der Waals surface area contributed by atoms with E-state index in [1.165, 1.54) is 12.8 Å². The maximum absolute atomic E-state index is 12.1. The number of nitrogens with zero attached hydrogens (tertiary/aromatic N) is 4. The molecule has 1 aromatic rings. The summed E-state index contributed by atoms with van der Waals surface area (Å²) < 4.78 is 5.21. The molecule has 7 heteroatoms. The average molecular weight is 388 g/mol. The Labute approximate surface area is 168 Å². The first kappa shape index (κ1) is 20.4. The molecule has 2 aliphatic rings. The van der Waals surface area contributed by atoms with Gasteiger partial charge in [-0.3, -0.25) is 4.79 Å². The van der Waals surface area contributed by atoms with Gasteiger partial charge in [-0.05, 0) is 51.2 Å². The minimum absolute atomic E-state index is 0.0704. The largest absolute Gasteiger partial charge is 0.466 e. The number of anilines is 1. The van der Waals surface area contributed by atoms with Crippen LogP contribution >= 0.6 is 0 Å². The van der Waals surface area contributed by atoms with Gasteiger partial charge < -0.3 is 19.9 Å². The van der Waals surface area contributed by atoms with E-state index in [4.69, 9.17) is 9.73 Å². The van der Waals surface area contributed by atoms with E-state index >= 15 is 0 Å². The van der Waals surface area contributed by atoms with Crippen LogP contribution in [-0.4, -0.2) is 61.1 Å². The second kappa shape index (κ2) is 10.3. The van der Waals surface area contributed by atoms with Gasteiger partial charge in [-0.2, -0.15) is 0 Å². The Morgan fingerprint density at radius 1 is 1.25 bits per heavy atom. The highest BCUT2D eigenvalue weighted by Crippen LogP contribution is 2.19. The number of aromatic nitrogens is 1. The summed E-state index contributed by atoms with van der Waals surface area (Å²) in [6, 6.07) is 4.21. The smallest absolute Gasteiger partial charge is 0.310 e. The molecule has 2 saturated heterocycles. The van der Waals surface area contributed by atoms with E-state index in [0.717, 1.165) is 56.4 Å². The number of aliphatic imine (C=N–C) groups is 1. The van der Waals surface area contributed by atoms with E-state index in [0.29, 0.717) is 19.7 Å². The summed E-state index contributed by atoms with van der Waals surface area (Å²) in [5.74, 6) is 1.76. The van der Waals surface area contributed by atoms with Crippen LogP contribution in [0.2, 0.25) is 0 Å². The highest BCUT2D eigenvalue weighted by Gasteiger charge is 2.28. The molecule has 0 saturated carbocycles. The second-order valence-corrected chi connectivity index (χ2v) is 7.43. The summed E-state index contributed by atoms with van der Waals surface area (Å²) in [5.41, 5.74) is 1.09. The van der Waals surface area contributed by atoms with Gasteiger partial charge in [0.1, 0.15) is 5.82 Å². The summed E-state index contributed by atoms with van der Waals surface area (Å²) in [6.45, 7) is 9.51. The predicted octanol–water partition coefficient (Wildman–Crippen LogP) is 2.42. The lowest BCUT2D eigenvalue weighted by Gasteiger charge is -2.34. The fourth-order valence-corrected chi connectivity index (χ4v) is 3.86. The summed E-state index contributed by atoms with van der Waals surface area (Å²) in [5, 5.41) is 3.37. The van der Waals surface area contributed by atoms with Crippen molar-refractivity contribution in [3.8, 4) is 0 Å². The third-order valence-corrected chi connectivity index (χ3v) is 5.33. The van der Waals surface area contributed by atoms with Crippen molar-refractivity contribution in [2.45, 2.75) is 46.1 Å². The summed E-state index contributed by atoms with van der Waals surface area (Å²) in [7, 11) is 0. The van der Waals surface area contributed by atoms with E-state index in [1.54, 1.807) is 0 Å². The quantitative estimate of drug-likeness (QED) is 0.459. The molecular formula is C21H33N5O2. The number of pyridine rings is 1. The van der Waals surface area contributed by atoms with Crippen molar-refractivity contribution < 1.29 is 9.53 Å². The first-order valence-corrected chi connectivity index (χ1v) is 10.6. The molecule has 0 aliphatic carbocycles. The Morgan fingerprint density at radius 3 is 2.75 bits per heavy atom. The standard InChI is InChI=1S/C21H33N5O2/c1-3-22-21(26-13-7-8-18(16-26)20(27)28-4-2)24-15-17-9-10-19(23-14-17)25-11-5-6-12-25/h9-10,14,18H,3-8,11-13,15-16H2,1-2H3,(H,22,24). The lowest BCUT2D eigenvalue weighted by Crippen LogP contribution is -2.48. The first-order chi connectivity index (χ1) is 13.7. The molecule has 1 aromatic heterocycles. The van der Waals surface area contributed by atoms with Crippen molar-refractivity contribution in [1.82, 2.24) is 15.2 Å². The van der Waals surface area contributed by atoms with Crippen LogP contribution < -0.4 is 10.2 Å². The normalized spacial score (nSPS) is 20.4. The topological polar surface area (TPSA) is 70.1 Å². The van der Waals surface area contributed by atoms with E-state index in [2.05, 4.69) is 39.2 Å². The Morgan fingerprint density at radius 2 is 2.07 bits per heavy atom. The number of carbonyl (C=O) groups excluding carboxylic acids is 1. The van der Waals surface area contributed by atoms with Gasteiger partial charge in [-0.25, -0.2) is 9.98 Å². The molecule has 154 valence electrons.